The summed E-state index contributed by atoms with van der Waals surface area (Å²) in [6, 6.07) is 5.34. The third-order valence-corrected chi connectivity index (χ3v) is 5.80. The molecule has 1 aromatic carbocycles. The standard InChI is InChI=1S/C18H19ClFN5S/c1-2-15-22-18(26-23-15)25-9-3-8-24(10-11-25)14-5-4-12-13(19)6-7-21-17(12)16(14)20/h4-7H,2-3,8-11H2,1H3. The molecular formula is C18H19ClFN5S. The van der Waals surface area contributed by atoms with Crippen LogP contribution in [0.3, 0.4) is 0 Å². The summed E-state index contributed by atoms with van der Waals surface area (Å²) in [7, 11) is 0. The van der Waals surface area contributed by atoms with Crippen molar-refractivity contribution in [3.05, 3.63) is 41.1 Å². The van der Waals surface area contributed by atoms with Gasteiger partial charge in [-0.1, -0.05) is 18.5 Å². The van der Waals surface area contributed by atoms with Gasteiger partial charge in [-0.3, -0.25) is 4.98 Å². The van der Waals surface area contributed by atoms with Crippen LogP contribution in [0.2, 0.25) is 5.02 Å². The van der Waals surface area contributed by atoms with Crippen LogP contribution in [0, 0.1) is 5.82 Å². The molecule has 1 saturated heterocycles. The molecule has 5 nitrogen and oxygen atoms in total. The number of nitrogens with zero attached hydrogens (tertiary/aromatic N) is 5. The van der Waals surface area contributed by atoms with E-state index in [0.29, 0.717) is 21.6 Å². The van der Waals surface area contributed by atoms with E-state index in [4.69, 9.17) is 11.6 Å². The first-order chi connectivity index (χ1) is 12.7. The minimum absolute atomic E-state index is 0.303. The lowest BCUT2D eigenvalue weighted by Gasteiger charge is -2.24. The van der Waals surface area contributed by atoms with Crippen LogP contribution in [0.1, 0.15) is 19.2 Å². The molecule has 0 atom stereocenters. The lowest BCUT2D eigenvalue weighted by atomic mass is 10.1. The van der Waals surface area contributed by atoms with E-state index in [1.807, 2.05) is 6.07 Å². The number of pyridine rings is 1. The largest absolute Gasteiger partial charge is 0.367 e. The van der Waals surface area contributed by atoms with Gasteiger partial charge in [-0.15, -0.1) is 0 Å². The van der Waals surface area contributed by atoms with Gasteiger partial charge in [0.2, 0.25) is 5.13 Å². The van der Waals surface area contributed by atoms with E-state index in [2.05, 4.69) is 31.1 Å². The Kier molecular flexibility index (Phi) is 4.91. The molecule has 26 heavy (non-hydrogen) atoms. The van der Waals surface area contributed by atoms with E-state index in [-0.39, 0.29) is 5.82 Å². The van der Waals surface area contributed by atoms with E-state index < -0.39 is 0 Å². The second-order valence-electron chi connectivity index (χ2n) is 6.26. The average Bonchev–Trinajstić information content (AvgIpc) is 3.00. The number of rotatable bonds is 3. The molecule has 0 spiro atoms. The summed E-state index contributed by atoms with van der Waals surface area (Å²) < 4.78 is 19.4. The molecule has 1 aliphatic rings. The number of hydrogen-bond acceptors (Lipinski definition) is 6. The molecule has 2 aromatic heterocycles. The number of hydrogen-bond donors (Lipinski definition) is 0. The predicted octanol–water partition coefficient (Wildman–Crippen LogP) is 4.16. The first-order valence-corrected chi connectivity index (χ1v) is 9.87. The van der Waals surface area contributed by atoms with E-state index in [0.717, 1.165) is 50.0 Å². The number of aryl methyl sites for hydroxylation is 1. The molecule has 0 radical (unpaired) electrons. The zero-order valence-corrected chi connectivity index (χ0v) is 16.0. The molecule has 0 N–H and O–H groups in total. The van der Waals surface area contributed by atoms with Crippen molar-refractivity contribution in [1.29, 1.82) is 0 Å². The fraction of sp³-hybridized carbons (Fsp3) is 0.389. The van der Waals surface area contributed by atoms with Gasteiger partial charge in [-0.25, -0.2) is 9.37 Å². The van der Waals surface area contributed by atoms with Crippen molar-refractivity contribution in [2.75, 3.05) is 36.0 Å². The minimum atomic E-state index is -0.303. The van der Waals surface area contributed by atoms with Crippen molar-refractivity contribution in [3.8, 4) is 0 Å². The molecule has 1 aliphatic heterocycles. The van der Waals surface area contributed by atoms with Crippen LogP contribution >= 0.6 is 23.1 Å². The first kappa shape index (κ1) is 17.4. The molecule has 0 amide bonds. The molecule has 136 valence electrons. The summed E-state index contributed by atoms with van der Waals surface area (Å²) in [5, 5.41) is 2.12. The van der Waals surface area contributed by atoms with Crippen molar-refractivity contribution in [2.45, 2.75) is 19.8 Å². The third-order valence-electron chi connectivity index (χ3n) is 4.66. The average molecular weight is 392 g/mol. The van der Waals surface area contributed by atoms with Gasteiger partial charge in [0, 0.05) is 55.7 Å². The van der Waals surface area contributed by atoms with Crippen LogP contribution in [0.5, 0.6) is 0 Å². The lowest BCUT2D eigenvalue weighted by molar-refractivity contribution is 0.627. The van der Waals surface area contributed by atoms with E-state index in [1.54, 1.807) is 18.3 Å². The van der Waals surface area contributed by atoms with Crippen LogP contribution < -0.4 is 9.80 Å². The Bertz CT molecular complexity index is 931. The van der Waals surface area contributed by atoms with Crippen LogP contribution in [0.25, 0.3) is 10.9 Å². The molecule has 0 bridgehead atoms. The Morgan fingerprint density at radius 2 is 1.96 bits per heavy atom. The molecule has 1 fully saturated rings. The smallest absolute Gasteiger partial charge is 0.205 e. The number of anilines is 2. The molecular weight excluding hydrogens is 373 g/mol. The Labute approximate surface area is 160 Å². The first-order valence-electron chi connectivity index (χ1n) is 8.72. The summed E-state index contributed by atoms with van der Waals surface area (Å²) in [6.07, 6.45) is 3.32. The van der Waals surface area contributed by atoms with Crippen LogP contribution in [0.4, 0.5) is 15.2 Å². The van der Waals surface area contributed by atoms with Gasteiger partial charge in [0.1, 0.15) is 11.3 Å². The second kappa shape index (κ2) is 7.32. The quantitative estimate of drug-likeness (QED) is 0.670. The van der Waals surface area contributed by atoms with E-state index >= 15 is 4.39 Å². The summed E-state index contributed by atoms with van der Waals surface area (Å²) in [5.41, 5.74) is 0.911. The van der Waals surface area contributed by atoms with E-state index in [9.17, 15) is 0 Å². The summed E-state index contributed by atoms with van der Waals surface area (Å²) in [4.78, 5) is 13.1. The van der Waals surface area contributed by atoms with Crippen molar-refractivity contribution in [2.24, 2.45) is 0 Å². The zero-order valence-electron chi connectivity index (χ0n) is 14.5. The molecule has 3 aromatic rings. The molecule has 0 saturated carbocycles. The van der Waals surface area contributed by atoms with Crippen molar-refractivity contribution in [3.63, 3.8) is 0 Å². The number of fused-ring (bicyclic) bond motifs is 1. The zero-order chi connectivity index (χ0) is 18.1. The summed E-state index contributed by atoms with van der Waals surface area (Å²) in [5.74, 6) is 0.581. The summed E-state index contributed by atoms with van der Waals surface area (Å²) >= 11 is 7.60. The number of halogens is 2. The van der Waals surface area contributed by atoms with Gasteiger partial charge in [-0.05, 0) is 24.6 Å². The molecule has 8 heteroatoms. The maximum atomic E-state index is 15.0. The van der Waals surface area contributed by atoms with Gasteiger partial charge in [-0.2, -0.15) is 4.37 Å². The minimum Gasteiger partial charge on any atom is -0.367 e. The highest BCUT2D eigenvalue weighted by Gasteiger charge is 2.21. The van der Waals surface area contributed by atoms with Gasteiger partial charge in [0.05, 0.1) is 10.7 Å². The SMILES string of the molecule is CCc1nsc(N2CCCN(c3ccc4c(Cl)ccnc4c3F)CC2)n1. The second-order valence-corrected chi connectivity index (χ2v) is 7.40. The fourth-order valence-corrected chi connectivity index (χ4v) is 4.26. The van der Waals surface area contributed by atoms with Crippen LogP contribution in [-0.4, -0.2) is 40.5 Å². The van der Waals surface area contributed by atoms with Gasteiger partial charge in [0.15, 0.2) is 5.82 Å². The third kappa shape index (κ3) is 3.21. The summed E-state index contributed by atoms with van der Waals surface area (Å²) in [6.45, 7) is 5.26. The maximum absolute atomic E-state index is 15.0. The monoisotopic (exact) mass is 391 g/mol. The van der Waals surface area contributed by atoms with Gasteiger partial charge < -0.3 is 9.80 Å². The Morgan fingerprint density at radius 3 is 2.77 bits per heavy atom. The van der Waals surface area contributed by atoms with Crippen LogP contribution in [-0.2, 0) is 6.42 Å². The van der Waals surface area contributed by atoms with Crippen molar-refractivity contribution in [1.82, 2.24) is 14.3 Å². The highest BCUT2D eigenvalue weighted by atomic mass is 35.5. The van der Waals surface area contributed by atoms with Crippen LogP contribution in [0.15, 0.2) is 24.4 Å². The molecule has 3 heterocycles. The molecule has 4 rings (SSSR count). The number of benzene rings is 1. The van der Waals surface area contributed by atoms with Gasteiger partial charge in [0.25, 0.3) is 0 Å². The Balaban J connectivity index is 1.57. The lowest BCUT2D eigenvalue weighted by Crippen LogP contribution is -2.31. The maximum Gasteiger partial charge on any atom is 0.205 e. The van der Waals surface area contributed by atoms with Gasteiger partial charge >= 0.3 is 0 Å². The topological polar surface area (TPSA) is 45.2 Å². The Hall–Kier alpha value is -1.99. The van der Waals surface area contributed by atoms with Crippen molar-refractivity contribution >= 4 is 44.9 Å². The number of aromatic nitrogens is 3. The predicted molar refractivity (Wildman–Crippen MR) is 105 cm³/mol. The van der Waals surface area contributed by atoms with E-state index in [1.165, 1.54) is 11.5 Å². The molecule has 0 unspecified atom stereocenters. The Morgan fingerprint density at radius 1 is 1.15 bits per heavy atom. The highest BCUT2D eigenvalue weighted by Crippen LogP contribution is 2.31. The normalized spacial score (nSPS) is 15.5. The van der Waals surface area contributed by atoms with Crippen molar-refractivity contribution < 1.29 is 4.39 Å². The highest BCUT2D eigenvalue weighted by molar-refractivity contribution is 7.09. The molecule has 0 aliphatic carbocycles. The fourth-order valence-electron chi connectivity index (χ4n) is 3.25.